The fourth-order valence-electron chi connectivity index (χ4n) is 3.58. The van der Waals surface area contributed by atoms with Gasteiger partial charge in [0.15, 0.2) is 0 Å². The number of rotatable bonds is 7. The number of halogens is 1. The van der Waals surface area contributed by atoms with Crippen molar-refractivity contribution >= 4 is 16.9 Å². The molecule has 0 unspecified atom stereocenters. The second kappa shape index (κ2) is 8.41. The molecule has 0 fully saturated rings. The highest BCUT2D eigenvalue weighted by Gasteiger charge is 2.10. The van der Waals surface area contributed by atoms with Crippen molar-refractivity contribution < 1.29 is 19.0 Å². The molecule has 0 atom stereocenters. The second-order valence-electron chi connectivity index (χ2n) is 7.28. The highest BCUT2D eigenvalue weighted by molar-refractivity contribution is 5.86. The molecular weight excluding hydrogens is 381 g/mol. The normalized spacial score (nSPS) is 11.0. The third kappa shape index (κ3) is 4.20. The molecule has 4 nitrogen and oxygen atoms in total. The smallest absolute Gasteiger partial charge is 0.303 e. The van der Waals surface area contributed by atoms with Crippen LogP contribution in [-0.2, 0) is 17.8 Å². The van der Waals surface area contributed by atoms with Crippen molar-refractivity contribution in [3.8, 4) is 11.4 Å². The van der Waals surface area contributed by atoms with Crippen molar-refractivity contribution in [2.45, 2.75) is 26.4 Å². The van der Waals surface area contributed by atoms with Gasteiger partial charge in [-0.1, -0.05) is 24.3 Å². The van der Waals surface area contributed by atoms with Crippen LogP contribution < -0.4 is 4.74 Å². The summed E-state index contributed by atoms with van der Waals surface area (Å²) in [6.45, 7) is 2.49. The molecule has 1 heterocycles. The summed E-state index contributed by atoms with van der Waals surface area (Å²) < 4.78 is 21.3. The number of ether oxygens (including phenoxy) is 1. The minimum Gasteiger partial charge on any atom is -0.489 e. The van der Waals surface area contributed by atoms with Gasteiger partial charge in [-0.15, -0.1) is 0 Å². The maximum Gasteiger partial charge on any atom is 0.303 e. The number of carbonyl (C=O) groups is 1. The molecule has 3 aromatic carbocycles. The number of aromatic nitrogens is 1. The van der Waals surface area contributed by atoms with Crippen molar-refractivity contribution in [2.75, 3.05) is 0 Å². The lowest BCUT2D eigenvalue weighted by molar-refractivity contribution is -0.136. The Balaban J connectivity index is 1.53. The average molecular weight is 403 g/mol. The average Bonchev–Trinajstić information content (AvgIpc) is 3.18. The molecule has 0 bridgehead atoms. The quantitative estimate of drug-likeness (QED) is 0.432. The van der Waals surface area contributed by atoms with Gasteiger partial charge in [0.1, 0.15) is 18.2 Å². The molecule has 4 rings (SSSR count). The maximum absolute atomic E-state index is 13.3. The highest BCUT2D eigenvalue weighted by Crippen LogP contribution is 2.27. The van der Waals surface area contributed by atoms with Crippen LogP contribution in [0.1, 0.15) is 23.1 Å². The Morgan fingerprint density at radius 1 is 1.00 bits per heavy atom. The Morgan fingerprint density at radius 3 is 2.43 bits per heavy atom. The zero-order valence-electron chi connectivity index (χ0n) is 16.6. The molecular formula is C25H22FNO3. The lowest BCUT2D eigenvalue weighted by Gasteiger charge is -2.13. The van der Waals surface area contributed by atoms with Crippen molar-refractivity contribution in [2.24, 2.45) is 0 Å². The van der Waals surface area contributed by atoms with E-state index in [1.165, 1.54) is 12.1 Å². The van der Waals surface area contributed by atoms with Gasteiger partial charge >= 0.3 is 5.97 Å². The van der Waals surface area contributed by atoms with E-state index in [2.05, 4.69) is 23.6 Å². The lowest BCUT2D eigenvalue weighted by Crippen LogP contribution is -2.01. The van der Waals surface area contributed by atoms with Crippen LogP contribution in [0.15, 0.2) is 72.9 Å². The number of carboxylic acid groups (broad SMARTS) is 1. The highest BCUT2D eigenvalue weighted by atomic mass is 19.1. The predicted octanol–water partition coefficient (Wildman–Crippen LogP) is 5.67. The van der Waals surface area contributed by atoms with Gasteiger partial charge in [0.25, 0.3) is 0 Å². The van der Waals surface area contributed by atoms with E-state index in [0.717, 1.165) is 39.0 Å². The first-order chi connectivity index (χ1) is 14.5. The molecule has 30 heavy (non-hydrogen) atoms. The zero-order valence-corrected chi connectivity index (χ0v) is 16.6. The number of aliphatic carboxylic acids is 1. The van der Waals surface area contributed by atoms with Gasteiger partial charge in [0.05, 0.1) is 5.52 Å². The summed E-state index contributed by atoms with van der Waals surface area (Å²) in [6.07, 6.45) is 2.62. The third-order valence-electron chi connectivity index (χ3n) is 5.27. The Labute approximate surface area is 174 Å². The van der Waals surface area contributed by atoms with E-state index in [4.69, 9.17) is 9.84 Å². The molecule has 4 aromatic rings. The van der Waals surface area contributed by atoms with Crippen molar-refractivity contribution in [1.29, 1.82) is 0 Å². The Hall–Kier alpha value is -3.60. The van der Waals surface area contributed by atoms with Crippen LogP contribution >= 0.6 is 0 Å². The lowest BCUT2D eigenvalue weighted by atomic mass is 10.1. The molecule has 152 valence electrons. The monoisotopic (exact) mass is 403 g/mol. The Morgan fingerprint density at radius 2 is 1.73 bits per heavy atom. The van der Waals surface area contributed by atoms with E-state index in [9.17, 15) is 9.18 Å². The van der Waals surface area contributed by atoms with Crippen LogP contribution in [0, 0.1) is 12.7 Å². The Kier molecular flexibility index (Phi) is 5.53. The first-order valence-corrected chi connectivity index (χ1v) is 9.80. The Bertz CT molecular complexity index is 1180. The van der Waals surface area contributed by atoms with Crippen molar-refractivity contribution in [1.82, 2.24) is 4.57 Å². The summed E-state index contributed by atoms with van der Waals surface area (Å²) >= 11 is 0. The van der Waals surface area contributed by atoms with Gasteiger partial charge in [-0.2, -0.15) is 0 Å². The predicted molar refractivity (Wildman–Crippen MR) is 115 cm³/mol. The molecule has 0 spiro atoms. The minimum absolute atomic E-state index is 0.118. The second-order valence-corrected chi connectivity index (χ2v) is 7.28. The van der Waals surface area contributed by atoms with Gasteiger partial charge in [-0.05, 0) is 72.5 Å². The van der Waals surface area contributed by atoms with E-state index < -0.39 is 5.97 Å². The molecule has 0 aliphatic carbocycles. The molecule has 0 aliphatic heterocycles. The van der Waals surface area contributed by atoms with E-state index in [1.807, 2.05) is 36.5 Å². The van der Waals surface area contributed by atoms with Gasteiger partial charge < -0.3 is 14.4 Å². The summed E-state index contributed by atoms with van der Waals surface area (Å²) in [6, 6.07) is 20.2. The van der Waals surface area contributed by atoms with Crippen molar-refractivity contribution in [3.63, 3.8) is 0 Å². The standard InChI is InChI=1S/C25H22FNO3/c1-17-20(16-30-23-11-2-18(3-12-23)4-13-24(28)29)6-5-19-14-15-27(25(17)19)22-9-7-21(26)8-10-22/h2-3,5-12,14-15H,4,13,16H2,1H3,(H,28,29). The van der Waals surface area contributed by atoms with Crippen LogP contribution in [0.5, 0.6) is 5.75 Å². The van der Waals surface area contributed by atoms with Crippen LogP contribution in [0.2, 0.25) is 0 Å². The molecule has 5 heteroatoms. The van der Waals surface area contributed by atoms with Crippen LogP contribution in [-0.4, -0.2) is 15.6 Å². The molecule has 0 saturated heterocycles. The fraction of sp³-hybridized carbons (Fsp3) is 0.160. The number of hydrogen-bond acceptors (Lipinski definition) is 2. The molecule has 0 saturated carbocycles. The molecule has 0 aliphatic rings. The van der Waals surface area contributed by atoms with E-state index in [1.54, 1.807) is 12.1 Å². The summed E-state index contributed by atoms with van der Waals surface area (Å²) in [7, 11) is 0. The topological polar surface area (TPSA) is 51.5 Å². The van der Waals surface area contributed by atoms with Crippen LogP contribution in [0.25, 0.3) is 16.6 Å². The summed E-state index contributed by atoms with van der Waals surface area (Å²) in [4.78, 5) is 10.7. The minimum atomic E-state index is -0.799. The van der Waals surface area contributed by atoms with Crippen molar-refractivity contribution in [3.05, 3.63) is 95.4 Å². The van der Waals surface area contributed by atoms with Gasteiger partial charge in [0.2, 0.25) is 0 Å². The van der Waals surface area contributed by atoms with Crippen LogP contribution in [0.4, 0.5) is 4.39 Å². The summed E-state index contributed by atoms with van der Waals surface area (Å²) in [5.74, 6) is -0.316. The number of carboxylic acids is 1. The van der Waals surface area contributed by atoms with Gasteiger partial charge in [-0.3, -0.25) is 4.79 Å². The van der Waals surface area contributed by atoms with Gasteiger partial charge in [-0.25, -0.2) is 4.39 Å². The number of nitrogens with zero attached hydrogens (tertiary/aromatic N) is 1. The largest absolute Gasteiger partial charge is 0.489 e. The first-order valence-electron chi connectivity index (χ1n) is 9.80. The first kappa shape index (κ1) is 19.7. The summed E-state index contributed by atoms with van der Waals surface area (Å²) in [5.41, 5.74) is 5.13. The number of aryl methyl sites for hydroxylation is 2. The fourth-order valence-corrected chi connectivity index (χ4v) is 3.58. The summed E-state index contributed by atoms with van der Waals surface area (Å²) in [5, 5.41) is 9.90. The van der Waals surface area contributed by atoms with E-state index >= 15 is 0 Å². The number of hydrogen-bond donors (Lipinski definition) is 1. The molecule has 1 N–H and O–H groups in total. The molecule has 0 radical (unpaired) electrons. The van der Waals surface area contributed by atoms with E-state index in [-0.39, 0.29) is 12.2 Å². The number of fused-ring (bicyclic) bond motifs is 1. The zero-order chi connectivity index (χ0) is 21.1. The van der Waals surface area contributed by atoms with E-state index in [0.29, 0.717) is 13.0 Å². The third-order valence-corrected chi connectivity index (χ3v) is 5.27. The number of benzene rings is 3. The van der Waals surface area contributed by atoms with Gasteiger partial charge in [0, 0.05) is 23.7 Å². The van der Waals surface area contributed by atoms with Crippen LogP contribution in [0.3, 0.4) is 0 Å². The molecule has 1 aromatic heterocycles. The maximum atomic E-state index is 13.3. The SMILES string of the molecule is Cc1c(COc2ccc(CCC(=O)O)cc2)ccc2ccn(-c3ccc(F)cc3)c12. The molecule has 0 amide bonds.